The zero-order valence-electron chi connectivity index (χ0n) is 19.7. The number of alkyl carbamates (subject to hydrolysis) is 1. The van der Waals surface area contributed by atoms with Gasteiger partial charge < -0.3 is 20.1 Å². The predicted octanol–water partition coefficient (Wildman–Crippen LogP) is 4.41. The fraction of sp³-hybridized carbons (Fsp3) is 0.444. The summed E-state index contributed by atoms with van der Waals surface area (Å²) >= 11 is 0. The van der Waals surface area contributed by atoms with Crippen molar-refractivity contribution in [3.63, 3.8) is 0 Å². The molecule has 180 valence electrons. The molecule has 0 saturated carbocycles. The third-order valence-electron chi connectivity index (χ3n) is 7.10. The molecule has 2 aromatic carbocycles. The first-order chi connectivity index (χ1) is 16.4. The Bertz CT molecular complexity index is 1020. The number of carbonyl (C=O) groups is 3. The Morgan fingerprint density at radius 3 is 2.29 bits per heavy atom. The van der Waals surface area contributed by atoms with E-state index in [1.165, 1.54) is 0 Å². The fourth-order valence-electron chi connectivity index (χ4n) is 5.31. The van der Waals surface area contributed by atoms with Crippen LogP contribution in [0.1, 0.15) is 56.6 Å². The number of likely N-dealkylation sites (tertiary alicyclic amines) is 1. The van der Waals surface area contributed by atoms with E-state index in [1.807, 2.05) is 31.2 Å². The first-order valence-corrected chi connectivity index (χ1v) is 12.1. The van der Waals surface area contributed by atoms with Gasteiger partial charge in [-0.1, -0.05) is 61.9 Å². The number of aliphatic carboxylic acids is 1. The molecule has 1 fully saturated rings. The second kappa shape index (κ2) is 10.3. The first-order valence-electron chi connectivity index (χ1n) is 12.1. The number of benzene rings is 2. The van der Waals surface area contributed by atoms with Crippen LogP contribution in [0.2, 0.25) is 0 Å². The highest BCUT2D eigenvalue weighted by atomic mass is 16.5. The van der Waals surface area contributed by atoms with Crippen molar-refractivity contribution in [3.05, 3.63) is 59.7 Å². The van der Waals surface area contributed by atoms with Crippen molar-refractivity contribution in [2.24, 2.45) is 5.92 Å². The van der Waals surface area contributed by atoms with E-state index in [4.69, 9.17) is 4.74 Å². The molecule has 0 bridgehead atoms. The molecule has 7 nitrogen and oxygen atoms in total. The number of fused-ring (bicyclic) bond motifs is 3. The average molecular weight is 465 g/mol. The molecule has 3 atom stereocenters. The minimum Gasteiger partial charge on any atom is -0.481 e. The van der Waals surface area contributed by atoms with Gasteiger partial charge in [0.05, 0.1) is 5.92 Å². The number of carboxylic acids is 1. The maximum atomic E-state index is 13.3. The SMILES string of the molecule is CCC[C@H](NC(=O)OCC1c2ccccc2-c2ccccc21)C(=O)N1CCC[C@@H](C(=O)O)[C@H]1C. The Balaban J connectivity index is 1.42. The van der Waals surface area contributed by atoms with Crippen LogP contribution in [0.5, 0.6) is 0 Å². The van der Waals surface area contributed by atoms with Gasteiger partial charge in [-0.15, -0.1) is 0 Å². The highest BCUT2D eigenvalue weighted by molar-refractivity contribution is 5.87. The van der Waals surface area contributed by atoms with Crippen LogP contribution in [0.15, 0.2) is 48.5 Å². The molecule has 0 radical (unpaired) electrons. The predicted molar refractivity (Wildman–Crippen MR) is 128 cm³/mol. The van der Waals surface area contributed by atoms with E-state index < -0.39 is 30.1 Å². The van der Waals surface area contributed by atoms with Crippen LogP contribution in [0, 0.1) is 5.92 Å². The summed E-state index contributed by atoms with van der Waals surface area (Å²) in [6, 6.07) is 15.1. The van der Waals surface area contributed by atoms with Crippen LogP contribution in [0.3, 0.4) is 0 Å². The summed E-state index contributed by atoms with van der Waals surface area (Å²) in [5.74, 6) is -1.78. The fourth-order valence-corrected chi connectivity index (χ4v) is 5.31. The summed E-state index contributed by atoms with van der Waals surface area (Å²) in [4.78, 5) is 39.2. The van der Waals surface area contributed by atoms with Crippen LogP contribution in [-0.4, -0.2) is 53.2 Å². The molecule has 1 aliphatic carbocycles. The van der Waals surface area contributed by atoms with Crippen molar-refractivity contribution in [1.29, 1.82) is 0 Å². The second-order valence-corrected chi connectivity index (χ2v) is 9.17. The number of hydrogen-bond acceptors (Lipinski definition) is 4. The summed E-state index contributed by atoms with van der Waals surface area (Å²) in [5.41, 5.74) is 4.55. The van der Waals surface area contributed by atoms with Crippen molar-refractivity contribution >= 4 is 18.0 Å². The Hall–Kier alpha value is -3.35. The van der Waals surface area contributed by atoms with Gasteiger partial charge in [-0.3, -0.25) is 9.59 Å². The summed E-state index contributed by atoms with van der Waals surface area (Å²) in [5, 5.41) is 12.2. The molecule has 2 aliphatic rings. The van der Waals surface area contributed by atoms with E-state index in [0.717, 1.165) is 22.3 Å². The molecule has 0 aromatic heterocycles. The molecule has 1 heterocycles. The molecular formula is C27H32N2O5. The van der Waals surface area contributed by atoms with Crippen molar-refractivity contribution in [3.8, 4) is 11.1 Å². The Kier molecular flexibility index (Phi) is 7.20. The molecule has 2 N–H and O–H groups in total. The van der Waals surface area contributed by atoms with Crippen LogP contribution >= 0.6 is 0 Å². The smallest absolute Gasteiger partial charge is 0.407 e. The van der Waals surface area contributed by atoms with Crippen molar-refractivity contribution in [2.75, 3.05) is 13.2 Å². The molecular weight excluding hydrogens is 432 g/mol. The van der Waals surface area contributed by atoms with Crippen molar-refractivity contribution < 1.29 is 24.2 Å². The third kappa shape index (κ3) is 4.65. The number of hydrogen-bond donors (Lipinski definition) is 2. The molecule has 1 saturated heterocycles. The quantitative estimate of drug-likeness (QED) is 0.633. The van der Waals surface area contributed by atoms with Crippen molar-refractivity contribution in [1.82, 2.24) is 10.2 Å². The van der Waals surface area contributed by atoms with E-state index in [-0.39, 0.29) is 18.4 Å². The minimum atomic E-state index is -0.887. The molecule has 2 amide bonds. The molecule has 7 heteroatoms. The zero-order valence-corrected chi connectivity index (χ0v) is 19.7. The number of rotatable bonds is 7. The Morgan fingerprint density at radius 2 is 1.71 bits per heavy atom. The molecule has 0 unspecified atom stereocenters. The molecule has 1 aliphatic heterocycles. The van der Waals surface area contributed by atoms with E-state index in [1.54, 1.807) is 11.8 Å². The summed E-state index contributed by atoms with van der Waals surface area (Å²) in [6.07, 6.45) is 1.72. The number of piperidine rings is 1. The van der Waals surface area contributed by atoms with Gasteiger partial charge in [-0.2, -0.15) is 0 Å². The van der Waals surface area contributed by atoms with Crippen LogP contribution < -0.4 is 5.32 Å². The highest BCUT2D eigenvalue weighted by Crippen LogP contribution is 2.44. The van der Waals surface area contributed by atoms with E-state index in [2.05, 4.69) is 29.6 Å². The number of carbonyl (C=O) groups excluding carboxylic acids is 2. The van der Waals surface area contributed by atoms with Gasteiger partial charge in [0, 0.05) is 18.5 Å². The number of ether oxygens (including phenoxy) is 1. The van der Waals surface area contributed by atoms with Crippen LogP contribution in [0.25, 0.3) is 11.1 Å². The standard InChI is InChI=1S/C27H32N2O5/c1-3-9-24(25(30)29-15-8-14-18(17(29)2)26(31)32)28-27(33)34-16-23-21-12-6-4-10-19(21)20-11-5-7-13-22(20)23/h4-7,10-13,17-18,23-24H,3,8-9,14-16H2,1-2H3,(H,28,33)(H,31,32)/t17-,18-,24+/m1/s1. The number of nitrogens with one attached hydrogen (secondary N) is 1. The van der Waals surface area contributed by atoms with Gasteiger partial charge in [-0.25, -0.2) is 4.79 Å². The van der Waals surface area contributed by atoms with Crippen LogP contribution in [-0.2, 0) is 14.3 Å². The number of amides is 2. The largest absolute Gasteiger partial charge is 0.481 e. The normalized spacial score (nSPS) is 20.2. The molecule has 4 rings (SSSR count). The Morgan fingerprint density at radius 1 is 1.09 bits per heavy atom. The Labute approximate surface area is 200 Å². The lowest BCUT2D eigenvalue weighted by Crippen LogP contribution is -2.56. The van der Waals surface area contributed by atoms with Gasteiger partial charge in [0.1, 0.15) is 12.6 Å². The van der Waals surface area contributed by atoms with E-state index >= 15 is 0 Å². The molecule has 34 heavy (non-hydrogen) atoms. The van der Waals surface area contributed by atoms with Gasteiger partial charge in [0.2, 0.25) is 5.91 Å². The van der Waals surface area contributed by atoms with E-state index in [0.29, 0.717) is 32.2 Å². The van der Waals surface area contributed by atoms with Gasteiger partial charge in [0.25, 0.3) is 0 Å². The van der Waals surface area contributed by atoms with Gasteiger partial charge in [-0.05, 0) is 48.4 Å². The summed E-state index contributed by atoms with van der Waals surface area (Å²) < 4.78 is 5.63. The van der Waals surface area contributed by atoms with E-state index in [9.17, 15) is 19.5 Å². The summed E-state index contributed by atoms with van der Waals surface area (Å²) in [7, 11) is 0. The lowest BCUT2D eigenvalue weighted by atomic mass is 9.89. The monoisotopic (exact) mass is 464 g/mol. The maximum absolute atomic E-state index is 13.3. The van der Waals surface area contributed by atoms with Crippen molar-refractivity contribution in [2.45, 2.75) is 57.5 Å². The van der Waals surface area contributed by atoms with Gasteiger partial charge in [0.15, 0.2) is 0 Å². The lowest BCUT2D eigenvalue weighted by molar-refractivity contribution is -0.149. The zero-order chi connectivity index (χ0) is 24.2. The highest BCUT2D eigenvalue weighted by Gasteiger charge is 2.38. The maximum Gasteiger partial charge on any atom is 0.407 e. The minimum absolute atomic E-state index is 0.0584. The average Bonchev–Trinajstić information content (AvgIpc) is 3.16. The topological polar surface area (TPSA) is 95.9 Å². The molecule has 2 aromatic rings. The van der Waals surface area contributed by atoms with Gasteiger partial charge >= 0.3 is 12.1 Å². The number of carboxylic acid groups (broad SMARTS) is 1. The first kappa shape index (κ1) is 23.8. The second-order valence-electron chi connectivity index (χ2n) is 9.17. The number of nitrogens with zero attached hydrogens (tertiary/aromatic N) is 1. The summed E-state index contributed by atoms with van der Waals surface area (Å²) in [6.45, 7) is 4.38. The molecule has 0 spiro atoms. The lowest BCUT2D eigenvalue weighted by Gasteiger charge is -2.39. The van der Waals surface area contributed by atoms with Crippen LogP contribution in [0.4, 0.5) is 4.79 Å². The third-order valence-corrected chi connectivity index (χ3v) is 7.10.